The zero-order valence-corrected chi connectivity index (χ0v) is 19.3. The Balaban J connectivity index is 2.06. The van der Waals surface area contributed by atoms with Crippen molar-refractivity contribution in [3.05, 3.63) is 64.7 Å². The van der Waals surface area contributed by atoms with E-state index in [2.05, 4.69) is 5.32 Å². The Labute approximate surface area is 188 Å². The quantitative estimate of drug-likeness (QED) is 0.548. The number of ether oxygens (including phenoxy) is 1. The van der Waals surface area contributed by atoms with Crippen LogP contribution in [0.5, 0.6) is 5.75 Å². The van der Waals surface area contributed by atoms with Gasteiger partial charge in [-0.2, -0.15) is 0 Å². The van der Waals surface area contributed by atoms with Crippen LogP contribution in [0.2, 0.25) is 5.02 Å². The number of halogens is 1. The summed E-state index contributed by atoms with van der Waals surface area (Å²) in [7, 11) is 1.61. The normalized spacial score (nSPS) is 11.6. The zero-order chi connectivity index (χ0) is 21.9. The molecular formula is C23H29ClN2O3S. The van der Waals surface area contributed by atoms with Crippen molar-refractivity contribution in [3.8, 4) is 5.75 Å². The summed E-state index contributed by atoms with van der Waals surface area (Å²) in [5, 5.41) is 3.58. The first kappa shape index (κ1) is 24.1. The number of hydrogen-bond acceptors (Lipinski definition) is 4. The average molecular weight is 449 g/mol. The van der Waals surface area contributed by atoms with Crippen molar-refractivity contribution in [2.24, 2.45) is 0 Å². The largest absolute Gasteiger partial charge is 0.497 e. The van der Waals surface area contributed by atoms with Gasteiger partial charge in [0.05, 0.1) is 12.9 Å². The van der Waals surface area contributed by atoms with Gasteiger partial charge in [-0.1, -0.05) is 48.9 Å². The van der Waals surface area contributed by atoms with Crippen LogP contribution >= 0.6 is 23.4 Å². The van der Waals surface area contributed by atoms with Crippen LogP contribution in [0, 0.1) is 0 Å². The fourth-order valence-corrected chi connectivity index (χ4v) is 4.05. The van der Waals surface area contributed by atoms with E-state index in [9.17, 15) is 9.59 Å². The van der Waals surface area contributed by atoms with E-state index >= 15 is 0 Å². The molecule has 1 N–H and O–H groups in total. The highest BCUT2D eigenvalue weighted by molar-refractivity contribution is 7.99. The van der Waals surface area contributed by atoms with Crippen molar-refractivity contribution >= 4 is 35.2 Å². The fourth-order valence-electron chi connectivity index (χ4n) is 2.85. The Morgan fingerprint density at radius 3 is 2.50 bits per heavy atom. The van der Waals surface area contributed by atoms with Crippen molar-refractivity contribution < 1.29 is 14.3 Å². The fraction of sp³-hybridized carbons (Fsp3) is 0.391. The van der Waals surface area contributed by atoms with Crippen LogP contribution in [0.25, 0.3) is 0 Å². The van der Waals surface area contributed by atoms with Crippen LogP contribution < -0.4 is 10.1 Å². The topological polar surface area (TPSA) is 58.6 Å². The first-order chi connectivity index (χ1) is 14.5. The van der Waals surface area contributed by atoms with E-state index in [1.807, 2.05) is 55.5 Å². The first-order valence-corrected chi connectivity index (χ1v) is 11.5. The van der Waals surface area contributed by atoms with Gasteiger partial charge in [0, 0.05) is 23.9 Å². The maximum atomic E-state index is 13.0. The van der Waals surface area contributed by atoms with Crippen molar-refractivity contribution in [1.82, 2.24) is 10.2 Å². The lowest BCUT2D eigenvalue weighted by atomic mass is 10.1. The molecule has 5 nitrogen and oxygen atoms in total. The molecule has 0 radical (unpaired) electrons. The van der Waals surface area contributed by atoms with E-state index in [1.165, 1.54) is 11.8 Å². The molecule has 0 aromatic heterocycles. The second kappa shape index (κ2) is 12.5. The highest BCUT2D eigenvalue weighted by atomic mass is 35.5. The van der Waals surface area contributed by atoms with Crippen LogP contribution in [-0.4, -0.2) is 42.2 Å². The SMILES string of the molecule is CCCNC(=O)[C@H](C)N(Cc1ccc(OC)cc1)C(=O)CSCc1ccccc1Cl. The summed E-state index contributed by atoms with van der Waals surface area (Å²) in [5.41, 5.74) is 1.93. The van der Waals surface area contributed by atoms with E-state index in [0.29, 0.717) is 23.9 Å². The Kier molecular flexibility index (Phi) is 10.0. The predicted octanol–water partition coefficient (Wildman–Crippen LogP) is 4.53. The van der Waals surface area contributed by atoms with Gasteiger partial charge in [-0.05, 0) is 42.7 Å². The lowest BCUT2D eigenvalue weighted by Gasteiger charge is -2.29. The molecule has 0 heterocycles. The third-order valence-corrected chi connectivity index (χ3v) is 6.00. The van der Waals surface area contributed by atoms with Crippen LogP contribution in [0.15, 0.2) is 48.5 Å². The lowest BCUT2D eigenvalue weighted by Crippen LogP contribution is -2.48. The number of rotatable bonds is 11. The smallest absolute Gasteiger partial charge is 0.242 e. The molecule has 0 aliphatic heterocycles. The number of benzene rings is 2. The van der Waals surface area contributed by atoms with E-state index in [4.69, 9.17) is 16.3 Å². The molecule has 0 spiro atoms. The average Bonchev–Trinajstić information content (AvgIpc) is 2.76. The Hall–Kier alpha value is -2.18. The monoisotopic (exact) mass is 448 g/mol. The highest BCUT2D eigenvalue weighted by Crippen LogP contribution is 2.22. The molecular weight excluding hydrogens is 420 g/mol. The van der Waals surface area contributed by atoms with Crippen molar-refractivity contribution in [1.29, 1.82) is 0 Å². The molecule has 2 aromatic rings. The zero-order valence-electron chi connectivity index (χ0n) is 17.7. The van der Waals surface area contributed by atoms with Crippen molar-refractivity contribution in [3.63, 3.8) is 0 Å². The number of methoxy groups -OCH3 is 1. The molecule has 2 rings (SSSR count). The van der Waals surface area contributed by atoms with Crippen LogP contribution in [-0.2, 0) is 21.9 Å². The first-order valence-electron chi connectivity index (χ1n) is 9.97. The number of carbonyl (C=O) groups is 2. The van der Waals surface area contributed by atoms with Gasteiger partial charge in [-0.15, -0.1) is 11.8 Å². The van der Waals surface area contributed by atoms with Crippen LogP contribution in [0.1, 0.15) is 31.4 Å². The van der Waals surface area contributed by atoms with Gasteiger partial charge in [-0.3, -0.25) is 9.59 Å². The number of nitrogens with one attached hydrogen (secondary N) is 1. The minimum Gasteiger partial charge on any atom is -0.497 e. The molecule has 0 aliphatic rings. The number of hydrogen-bond donors (Lipinski definition) is 1. The number of amides is 2. The molecule has 162 valence electrons. The molecule has 0 saturated carbocycles. The summed E-state index contributed by atoms with van der Waals surface area (Å²) < 4.78 is 5.20. The Morgan fingerprint density at radius 1 is 1.17 bits per heavy atom. The second-order valence-electron chi connectivity index (χ2n) is 6.92. The minimum absolute atomic E-state index is 0.0815. The molecule has 0 saturated heterocycles. The van der Waals surface area contributed by atoms with Gasteiger partial charge in [0.15, 0.2) is 0 Å². The number of carbonyl (C=O) groups excluding carboxylic acids is 2. The van der Waals surface area contributed by atoms with Gasteiger partial charge in [0.2, 0.25) is 11.8 Å². The molecule has 30 heavy (non-hydrogen) atoms. The van der Waals surface area contributed by atoms with Gasteiger partial charge >= 0.3 is 0 Å². The molecule has 0 unspecified atom stereocenters. The summed E-state index contributed by atoms with van der Waals surface area (Å²) >= 11 is 7.70. The van der Waals surface area contributed by atoms with E-state index in [-0.39, 0.29) is 17.6 Å². The summed E-state index contributed by atoms with van der Waals surface area (Å²) in [6.07, 6.45) is 0.846. The third kappa shape index (κ3) is 7.26. The highest BCUT2D eigenvalue weighted by Gasteiger charge is 2.25. The molecule has 0 fully saturated rings. The number of thioether (sulfide) groups is 1. The molecule has 0 bridgehead atoms. The van der Waals surface area contributed by atoms with Gasteiger partial charge in [0.25, 0.3) is 0 Å². The maximum absolute atomic E-state index is 13.0. The number of nitrogens with zero attached hydrogens (tertiary/aromatic N) is 1. The van der Waals surface area contributed by atoms with Crippen LogP contribution in [0.3, 0.4) is 0 Å². The van der Waals surface area contributed by atoms with Gasteiger partial charge in [-0.25, -0.2) is 0 Å². The minimum atomic E-state index is -0.563. The third-order valence-electron chi connectivity index (χ3n) is 4.67. The molecule has 0 aliphatic carbocycles. The Bertz CT molecular complexity index is 829. The summed E-state index contributed by atoms with van der Waals surface area (Å²) in [6.45, 7) is 4.72. The van der Waals surface area contributed by atoms with Gasteiger partial charge < -0.3 is 15.0 Å². The summed E-state index contributed by atoms with van der Waals surface area (Å²) in [4.78, 5) is 27.2. The van der Waals surface area contributed by atoms with E-state index < -0.39 is 6.04 Å². The van der Waals surface area contributed by atoms with Crippen LogP contribution in [0.4, 0.5) is 0 Å². The lowest BCUT2D eigenvalue weighted by molar-refractivity contribution is -0.138. The second-order valence-corrected chi connectivity index (χ2v) is 8.31. The molecule has 1 atom stereocenters. The van der Waals surface area contributed by atoms with Crippen molar-refractivity contribution in [2.45, 2.75) is 38.6 Å². The summed E-state index contributed by atoms with van der Waals surface area (Å²) in [5.74, 6) is 1.43. The molecule has 7 heteroatoms. The van der Waals surface area contributed by atoms with E-state index in [0.717, 1.165) is 23.3 Å². The summed E-state index contributed by atoms with van der Waals surface area (Å²) in [6, 6.07) is 14.6. The van der Waals surface area contributed by atoms with Gasteiger partial charge in [0.1, 0.15) is 11.8 Å². The van der Waals surface area contributed by atoms with E-state index in [1.54, 1.807) is 18.9 Å². The standard InChI is InChI=1S/C23H29ClN2O3S/c1-4-13-25-23(28)17(2)26(14-18-9-11-20(29-3)12-10-18)22(27)16-30-15-19-7-5-6-8-21(19)24/h5-12,17H,4,13-16H2,1-3H3,(H,25,28)/t17-/m0/s1. The molecule has 2 amide bonds. The predicted molar refractivity (Wildman–Crippen MR) is 124 cm³/mol. The maximum Gasteiger partial charge on any atom is 0.242 e. The Morgan fingerprint density at radius 2 is 1.87 bits per heavy atom. The molecule has 2 aromatic carbocycles. The van der Waals surface area contributed by atoms with Crippen molar-refractivity contribution in [2.75, 3.05) is 19.4 Å².